The van der Waals surface area contributed by atoms with Gasteiger partial charge < -0.3 is 9.64 Å². The van der Waals surface area contributed by atoms with Crippen LogP contribution in [0.4, 0.5) is 0 Å². The van der Waals surface area contributed by atoms with E-state index in [0.717, 1.165) is 0 Å². The lowest BCUT2D eigenvalue weighted by molar-refractivity contribution is 0.0525. The molecule has 92 valence electrons. The number of aryl methyl sites for hydroxylation is 1. The van der Waals surface area contributed by atoms with Crippen LogP contribution in [0.15, 0.2) is 12.4 Å². The standard InChI is InChI=1S/C12H17N3O2/c1-5-17-12(16)10-8-13-9(2)14-11(10)6-7-15(3)4/h6-8H,5H2,1-4H3/b7-6+. The van der Waals surface area contributed by atoms with Gasteiger partial charge in [0.05, 0.1) is 12.3 Å². The largest absolute Gasteiger partial charge is 0.462 e. The molecule has 5 nitrogen and oxygen atoms in total. The molecule has 5 heteroatoms. The van der Waals surface area contributed by atoms with E-state index in [0.29, 0.717) is 23.7 Å². The van der Waals surface area contributed by atoms with Crippen LogP contribution in [0.2, 0.25) is 0 Å². The third-order valence-corrected chi connectivity index (χ3v) is 1.96. The van der Waals surface area contributed by atoms with Gasteiger partial charge in [-0.3, -0.25) is 0 Å². The van der Waals surface area contributed by atoms with E-state index < -0.39 is 5.97 Å². The molecule has 0 bridgehead atoms. The highest BCUT2D eigenvalue weighted by molar-refractivity contribution is 5.92. The highest BCUT2D eigenvalue weighted by atomic mass is 16.5. The van der Waals surface area contributed by atoms with Crippen LogP contribution in [0.5, 0.6) is 0 Å². The molecule has 0 saturated carbocycles. The summed E-state index contributed by atoms with van der Waals surface area (Å²) in [6, 6.07) is 0. The molecule has 0 spiro atoms. The summed E-state index contributed by atoms with van der Waals surface area (Å²) >= 11 is 0. The molecule has 1 heterocycles. The monoisotopic (exact) mass is 235 g/mol. The maximum atomic E-state index is 11.7. The summed E-state index contributed by atoms with van der Waals surface area (Å²) in [7, 11) is 3.79. The highest BCUT2D eigenvalue weighted by Crippen LogP contribution is 2.09. The minimum absolute atomic E-state index is 0.337. The van der Waals surface area contributed by atoms with Gasteiger partial charge in [0, 0.05) is 26.5 Å². The third-order valence-electron chi connectivity index (χ3n) is 1.96. The minimum Gasteiger partial charge on any atom is -0.462 e. The zero-order chi connectivity index (χ0) is 12.8. The van der Waals surface area contributed by atoms with Gasteiger partial charge in [-0.05, 0) is 19.9 Å². The molecule has 0 unspecified atom stereocenters. The van der Waals surface area contributed by atoms with Crippen molar-refractivity contribution < 1.29 is 9.53 Å². The number of nitrogens with zero attached hydrogens (tertiary/aromatic N) is 3. The van der Waals surface area contributed by atoms with Crippen molar-refractivity contribution in [2.24, 2.45) is 0 Å². The third kappa shape index (κ3) is 3.86. The Morgan fingerprint density at radius 2 is 2.24 bits per heavy atom. The van der Waals surface area contributed by atoms with Crippen LogP contribution in [0.1, 0.15) is 28.8 Å². The number of hydrogen-bond acceptors (Lipinski definition) is 5. The summed E-state index contributed by atoms with van der Waals surface area (Å²) in [5.41, 5.74) is 0.959. The number of esters is 1. The van der Waals surface area contributed by atoms with E-state index in [1.807, 2.05) is 25.2 Å². The van der Waals surface area contributed by atoms with Crippen LogP contribution in [0, 0.1) is 6.92 Å². The van der Waals surface area contributed by atoms with Gasteiger partial charge in [0.1, 0.15) is 11.4 Å². The molecule has 0 amide bonds. The minimum atomic E-state index is -0.397. The van der Waals surface area contributed by atoms with Crippen LogP contribution in [-0.2, 0) is 4.74 Å². The lowest BCUT2D eigenvalue weighted by Gasteiger charge is -2.07. The lowest BCUT2D eigenvalue weighted by atomic mass is 10.2. The summed E-state index contributed by atoms with van der Waals surface area (Å²) in [5.74, 6) is 0.224. The maximum absolute atomic E-state index is 11.7. The molecule has 0 fully saturated rings. The van der Waals surface area contributed by atoms with Crippen molar-refractivity contribution in [1.82, 2.24) is 14.9 Å². The molecule has 0 aliphatic rings. The van der Waals surface area contributed by atoms with Gasteiger partial charge in [-0.15, -0.1) is 0 Å². The van der Waals surface area contributed by atoms with Crippen LogP contribution in [-0.4, -0.2) is 41.5 Å². The molecule has 0 saturated heterocycles. The van der Waals surface area contributed by atoms with E-state index in [2.05, 4.69) is 9.97 Å². The number of carbonyl (C=O) groups is 1. The average molecular weight is 235 g/mol. The van der Waals surface area contributed by atoms with Gasteiger partial charge in [0.25, 0.3) is 0 Å². The van der Waals surface area contributed by atoms with Crippen molar-refractivity contribution in [1.29, 1.82) is 0 Å². The van der Waals surface area contributed by atoms with Crippen molar-refractivity contribution in [2.45, 2.75) is 13.8 Å². The fraction of sp³-hybridized carbons (Fsp3) is 0.417. The summed E-state index contributed by atoms with van der Waals surface area (Å²) in [6.45, 7) is 3.88. The number of carbonyl (C=O) groups excluding carboxylic acids is 1. The molecule has 0 atom stereocenters. The first kappa shape index (κ1) is 13.2. The second-order valence-electron chi connectivity index (χ2n) is 3.72. The predicted octanol–water partition coefficient (Wildman–Crippen LogP) is 1.49. The molecule has 0 aliphatic heterocycles. The van der Waals surface area contributed by atoms with Gasteiger partial charge in [-0.1, -0.05) is 0 Å². The summed E-state index contributed by atoms with van der Waals surface area (Å²) in [5, 5.41) is 0. The fourth-order valence-electron chi connectivity index (χ4n) is 1.20. The molecule has 1 aromatic rings. The molecule has 1 aromatic heterocycles. The van der Waals surface area contributed by atoms with Crippen molar-refractivity contribution in [3.8, 4) is 0 Å². The topological polar surface area (TPSA) is 55.3 Å². The molecule has 0 radical (unpaired) electrons. The smallest absolute Gasteiger partial charge is 0.341 e. The van der Waals surface area contributed by atoms with E-state index in [4.69, 9.17) is 4.74 Å². The molecule has 17 heavy (non-hydrogen) atoms. The average Bonchev–Trinajstić information content (AvgIpc) is 2.26. The number of rotatable bonds is 4. The Hall–Kier alpha value is -1.91. The quantitative estimate of drug-likeness (QED) is 0.740. The summed E-state index contributed by atoms with van der Waals surface area (Å²) in [4.78, 5) is 21.8. The van der Waals surface area contributed by atoms with Crippen molar-refractivity contribution in [3.63, 3.8) is 0 Å². The van der Waals surface area contributed by atoms with Gasteiger partial charge in [-0.25, -0.2) is 14.8 Å². The first-order chi connectivity index (χ1) is 8.04. The number of hydrogen-bond donors (Lipinski definition) is 0. The Balaban J connectivity index is 3.07. The Labute approximate surface area is 101 Å². The Morgan fingerprint density at radius 1 is 1.53 bits per heavy atom. The molecule has 1 rings (SSSR count). The van der Waals surface area contributed by atoms with Crippen molar-refractivity contribution >= 4 is 12.0 Å². The van der Waals surface area contributed by atoms with Crippen molar-refractivity contribution in [2.75, 3.05) is 20.7 Å². The lowest BCUT2D eigenvalue weighted by Crippen LogP contribution is -2.10. The Morgan fingerprint density at radius 3 is 2.82 bits per heavy atom. The first-order valence-electron chi connectivity index (χ1n) is 5.40. The van der Waals surface area contributed by atoms with Crippen molar-refractivity contribution in [3.05, 3.63) is 29.5 Å². The van der Waals surface area contributed by atoms with E-state index in [-0.39, 0.29) is 0 Å². The molecule has 0 aliphatic carbocycles. The number of ether oxygens (including phenoxy) is 1. The fourth-order valence-corrected chi connectivity index (χ4v) is 1.20. The van der Waals surface area contributed by atoms with Crippen LogP contribution >= 0.6 is 0 Å². The maximum Gasteiger partial charge on any atom is 0.341 e. The van der Waals surface area contributed by atoms with Crippen LogP contribution < -0.4 is 0 Å². The molecule has 0 N–H and O–H groups in total. The normalized spacial score (nSPS) is 10.6. The van der Waals surface area contributed by atoms with E-state index in [1.54, 1.807) is 19.9 Å². The molecular formula is C12H17N3O2. The second kappa shape index (κ2) is 5.98. The van der Waals surface area contributed by atoms with Crippen LogP contribution in [0.25, 0.3) is 6.08 Å². The zero-order valence-electron chi connectivity index (χ0n) is 10.6. The van der Waals surface area contributed by atoms with Gasteiger partial charge >= 0.3 is 5.97 Å². The molecule has 0 aromatic carbocycles. The summed E-state index contributed by atoms with van der Waals surface area (Å²) in [6.07, 6.45) is 5.08. The van der Waals surface area contributed by atoms with E-state index in [1.165, 1.54) is 6.20 Å². The molecular weight excluding hydrogens is 218 g/mol. The zero-order valence-corrected chi connectivity index (χ0v) is 10.6. The predicted molar refractivity (Wildman–Crippen MR) is 65.4 cm³/mol. The highest BCUT2D eigenvalue weighted by Gasteiger charge is 2.12. The van der Waals surface area contributed by atoms with E-state index in [9.17, 15) is 4.79 Å². The SMILES string of the molecule is CCOC(=O)c1cnc(C)nc1/C=C/N(C)C. The summed E-state index contributed by atoms with van der Waals surface area (Å²) < 4.78 is 4.95. The Kier molecular flexibility index (Phi) is 4.63. The second-order valence-corrected chi connectivity index (χ2v) is 3.72. The Bertz CT molecular complexity index is 428. The van der Waals surface area contributed by atoms with Gasteiger partial charge in [0.2, 0.25) is 0 Å². The number of aromatic nitrogens is 2. The van der Waals surface area contributed by atoms with Gasteiger partial charge in [-0.2, -0.15) is 0 Å². The van der Waals surface area contributed by atoms with Gasteiger partial charge in [0.15, 0.2) is 0 Å². The van der Waals surface area contributed by atoms with E-state index >= 15 is 0 Å². The first-order valence-corrected chi connectivity index (χ1v) is 5.40. The van der Waals surface area contributed by atoms with Crippen LogP contribution in [0.3, 0.4) is 0 Å².